The Morgan fingerprint density at radius 2 is 2.46 bits per heavy atom. The van der Waals surface area contributed by atoms with Gasteiger partial charge in [-0.15, -0.1) is 0 Å². The van der Waals surface area contributed by atoms with Gasteiger partial charge in [0, 0.05) is 19.4 Å². The molecule has 1 atom stereocenters. The Kier molecular flexibility index (Phi) is 3.69. The fourth-order valence-electron chi connectivity index (χ4n) is 1.36. The molecular formula is C9H16O4. The molecule has 1 heterocycles. The van der Waals surface area contributed by atoms with Crippen LogP contribution in [0.2, 0.25) is 0 Å². The molecule has 0 aliphatic carbocycles. The molecule has 1 fully saturated rings. The summed E-state index contributed by atoms with van der Waals surface area (Å²) in [5, 5.41) is 9.78. The predicted molar refractivity (Wildman–Crippen MR) is 46.3 cm³/mol. The van der Waals surface area contributed by atoms with E-state index in [1.54, 1.807) is 6.92 Å². The highest BCUT2D eigenvalue weighted by Gasteiger charge is 2.32. The van der Waals surface area contributed by atoms with Crippen LogP contribution in [-0.4, -0.2) is 36.5 Å². The second-order valence-electron chi connectivity index (χ2n) is 3.33. The first-order valence-corrected chi connectivity index (χ1v) is 4.62. The summed E-state index contributed by atoms with van der Waals surface area (Å²) in [6, 6.07) is 0. The molecule has 0 saturated carbocycles. The lowest BCUT2D eigenvalue weighted by atomic mass is 9.97. The maximum absolute atomic E-state index is 11.0. The largest absolute Gasteiger partial charge is 0.466 e. The molecule has 4 nitrogen and oxygen atoms in total. The summed E-state index contributed by atoms with van der Waals surface area (Å²) in [6.45, 7) is 3.09. The molecule has 1 unspecified atom stereocenters. The molecule has 1 N–H and O–H groups in total. The monoisotopic (exact) mass is 188 g/mol. The first-order chi connectivity index (χ1) is 6.16. The first-order valence-electron chi connectivity index (χ1n) is 4.62. The van der Waals surface area contributed by atoms with E-state index in [1.165, 1.54) is 0 Å². The van der Waals surface area contributed by atoms with E-state index in [9.17, 15) is 9.90 Å². The molecule has 13 heavy (non-hydrogen) atoms. The zero-order chi connectivity index (χ0) is 9.73. The molecule has 1 aliphatic rings. The van der Waals surface area contributed by atoms with Gasteiger partial charge in [-0.05, 0) is 13.3 Å². The minimum atomic E-state index is -0.799. The third-order valence-electron chi connectivity index (χ3n) is 2.18. The number of esters is 1. The molecule has 0 radical (unpaired) electrons. The van der Waals surface area contributed by atoms with Gasteiger partial charge in [-0.25, -0.2) is 0 Å². The molecule has 0 aromatic carbocycles. The van der Waals surface area contributed by atoms with E-state index in [-0.39, 0.29) is 12.4 Å². The summed E-state index contributed by atoms with van der Waals surface area (Å²) in [7, 11) is 0. The van der Waals surface area contributed by atoms with Crippen LogP contribution >= 0.6 is 0 Å². The standard InChI is InChI=1S/C9H16O4/c1-2-13-8(10)3-4-9(11)5-6-12-7-9/h11H,2-7H2,1H3. The molecule has 1 aliphatic heterocycles. The van der Waals surface area contributed by atoms with Crippen molar-refractivity contribution in [3.05, 3.63) is 0 Å². The quantitative estimate of drug-likeness (QED) is 0.652. The molecule has 0 aromatic heterocycles. The van der Waals surface area contributed by atoms with Gasteiger partial charge in [0.25, 0.3) is 0 Å². The first kappa shape index (κ1) is 10.5. The van der Waals surface area contributed by atoms with E-state index in [4.69, 9.17) is 9.47 Å². The molecule has 1 saturated heterocycles. The van der Waals surface area contributed by atoms with E-state index in [1.807, 2.05) is 0 Å². The van der Waals surface area contributed by atoms with Gasteiger partial charge in [-0.1, -0.05) is 0 Å². The second-order valence-corrected chi connectivity index (χ2v) is 3.33. The number of carbonyl (C=O) groups is 1. The normalized spacial score (nSPS) is 27.5. The lowest BCUT2D eigenvalue weighted by Crippen LogP contribution is -2.29. The van der Waals surface area contributed by atoms with Gasteiger partial charge in [0.2, 0.25) is 0 Å². The van der Waals surface area contributed by atoms with Gasteiger partial charge in [-0.2, -0.15) is 0 Å². The molecule has 4 heteroatoms. The van der Waals surface area contributed by atoms with Gasteiger partial charge in [0.05, 0.1) is 18.8 Å². The topological polar surface area (TPSA) is 55.8 Å². The van der Waals surface area contributed by atoms with E-state index < -0.39 is 5.60 Å². The molecule has 0 spiro atoms. The van der Waals surface area contributed by atoms with Crippen LogP contribution in [0.1, 0.15) is 26.2 Å². The van der Waals surface area contributed by atoms with Crippen molar-refractivity contribution in [3.63, 3.8) is 0 Å². The van der Waals surface area contributed by atoms with Crippen molar-refractivity contribution < 1.29 is 19.4 Å². The van der Waals surface area contributed by atoms with Gasteiger partial charge in [0.1, 0.15) is 0 Å². The summed E-state index contributed by atoms with van der Waals surface area (Å²) in [5.41, 5.74) is -0.799. The fourth-order valence-corrected chi connectivity index (χ4v) is 1.36. The number of aliphatic hydroxyl groups is 1. The average Bonchev–Trinajstić information content (AvgIpc) is 2.51. The van der Waals surface area contributed by atoms with Crippen LogP contribution in [0.4, 0.5) is 0 Å². The molecule has 0 aromatic rings. The summed E-state index contributed by atoms with van der Waals surface area (Å²) in [4.78, 5) is 11.0. The van der Waals surface area contributed by atoms with Crippen LogP contribution in [0.25, 0.3) is 0 Å². The van der Waals surface area contributed by atoms with Crippen molar-refractivity contribution in [2.24, 2.45) is 0 Å². The van der Waals surface area contributed by atoms with Crippen LogP contribution < -0.4 is 0 Å². The highest BCUT2D eigenvalue weighted by molar-refractivity contribution is 5.69. The van der Waals surface area contributed by atoms with E-state index >= 15 is 0 Å². The smallest absolute Gasteiger partial charge is 0.305 e. The SMILES string of the molecule is CCOC(=O)CCC1(O)CCOC1. The number of rotatable bonds is 4. The zero-order valence-corrected chi connectivity index (χ0v) is 7.91. The Hall–Kier alpha value is -0.610. The minimum absolute atomic E-state index is 0.247. The summed E-state index contributed by atoms with van der Waals surface area (Å²) in [5.74, 6) is -0.247. The van der Waals surface area contributed by atoms with Gasteiger partial charge >= 0.3 is 5.97 Å². The minimum Gasteiger partial charge on any atom is -0.466 e. The zero-order valence-electron chi connectivity index (χ0n) is 7.91. The third kappa shape index (κ3) is 3.32. The van der Waals surface area contributed by atoms with Crippen LogP contribution in [0.3, 0.4) is 0 Å². The van der Waals surface area contributed by atoms with E-state index in [2.05, 4.69) is 0 Å². The molecule has 0 amide bonds. The summed E-state index contributed by atoms with van der Waals surface area (Å²) >= 11 is 0. The van der Waals surface area contributed by atoms with Crippen molar-refractivity contribution >= 4 is 5.97 Å². The second kappa shape index (κ2) is 4.58. The maximum Gasteiger partial charge on any atom is 0.305 e. The molecule has 1 rings (SSSR count). The highest BCUT2D eigenvalue weighted by atomic mass is 16.5. The van der Waals surface area contributed by atoms with Crippen molar-refractivity contribution in [2.45, 2.75) is 31.8 Å². The highest BCUT2D eigenvalue weighted by Crippen LogP contribution is 2.23. The van der Waals surface area contributed by atoms with Crippen LogP contribution in [0, 0.1) is 0 Å². The van der Waals surface area contributed by atoms with Crippen molar-refractivity contribution in [3.8, 4) is 0 Å². The molecule has 0 bridgehead atoms. The Bertz CT molecular complexity index is 172. The predicted octanol–water partition coefficient (Wildman–Crippen LogP) is 0.481. The Labute approximate surface area is 77.8 Å². The molecule has 76 valence electrons. The Balaban J connectivity index is 2.21. The third-order valence-corrected chi connectivity index (χ3v) is 2.18. The van der Waals surface area contributed by atoms with Gasteiger partial charge in [0.15, 0.2) is 0 Å². The number of hydrogen-bond acceptors (Lipinski definition) is 4. The Morgan fingerprint density at radius 3 is 3.00 bits per heavy atom. The summed E-state index contributed by atoms with van der Waals surface area (Å²) < 4.78 is 9.81. The van der Waals surface area contributed by atoms with Crippen molar-refractivity contribution in [1.82, 2.24) is 0 Å². The number of carbonyl (C=O) groups excluding carboxylic acids is 1. The van der Waals surface area contributed by atoms with Crippen LogP contribution in [-0.2, 0) is 14.3 Å². The lowest BCUT2D eigenvalue weighted by Gasteiger charge is -2.18. The van der Waals surface area contributed by atoms with Crippen LogP contribution in [0.15, 0.2) is 0 Å². The van der Waals surface area contributed by atoms with Gasteiger partial charge in [-0.3, -0.25) is 4.79 Å². The van der Waals surface area contributed by atoms with Crippen molar-refractivity contribution in [2.75, 3.05) is 19.8 Å². The Morgan fingerprint density at radius 1 is 1.69 bits per heavy atom. The van der Waals surface area contributed by atoms with E-state index in [0.717, 1.165) is 0 Å². The van der Waals surface area contributed by atoms with Crippen LogP contribution in [0.5, 0.6) is 0 Å². The number of ether oxygens (including phenoxy) is 2. The maximum atomic E-state index is 11.0. The molecular weight excluding hydrogens is 172 g/mol. The van der Waals surface area contributed by atoms with Crippen molar-refractivity contribution in [1.29, 1.82) is 0 Å². The fraction of sp³-hybridized carbons (Fsp3) is 0.889. The average molecular weight is 188 g/mol. The summed E-state index contributed by atoms with van der Waals surface area (Å²) in [6.07, 6.45) is 1.33. The van der Waals surface area contributed by atoms with Gasteiger partial charge < -0.3 is 14.6 Å². The lowest BCUT2D eigenvalue weighted by molar-refractivity contribution is -0.144. The number of hydrogen-bond donors (Lipinski definition) is 1. The van der Waals surface area contributed by atoms with E-state index in [0.29, 0.717) is 32.7 Å².